The van der Waals surface area contributed by atoms with Gasteiger partial charge in [0.1, 0.15) is 0 Å². The third kappa shape index (κ3) is 2.48. The fourth-order valence-electron chi connectivity index (χ4n) is 3.09. The van der Waals surface area contributed by atoms with Crippen LogP contribution in [0.15, 0.2) is 0 Å². The zero-order valence-electron chi connectivity index (χ0n) is 9.21. The molecule has 1 heterocycles. The molecule has 0 radical (unpaired) electrons. The molecule has 3 N–H and O–H groups in total. The van der Waals surface area contributed by atoms with Gasteiger partial charge in [0.2, 0.25) is 0 Å². The van der Waals surface area contributed by atoms with Crippen molar-refractivity contribution in [2.45, 2.75) is 51.0 Å². The van der Waals surface area contributed by atoms with Gasteiger partial charge in [0.15, 0.2) is 0 Å². The van der Waals surface area contributed by atoms with Gasteiger partial charge >= 0.3 is 0 Å². The number of hydrogen-bond donors (Lipinski definition) is 1. The molecule has 0 spiro atoms. The summed E-state index contributed by atoms with van der Waals surface area (Å²) in [7, 11) is 0. The maximum absolute atomic E-state index is 5.41. The van der Waals surface area contributed by atoms with Crippen molar-refractivity contribution in [3.05, 3.63) is 0 Å². The topological polar surface area (TPSA) is 36.9 Å². The Morgan fingerprint density at radius 3 is 2.07 bits per heavy atom. The van der Waals surface area contributed by atoms with Crippen molar-refractivity contribution in [3.8, 4) is 0 Å². The van der Waals surface area contributed by atoms with Crippen molar-refractivity contribution in [2.24, 2.45) is 11.8 Å². The Hall–Kier alpha value is -0.0800. The second kappa shape index (κ2) is 5.13. The van der Waals surface area contributed by atoms with E-state index in [0.29, 0.717) is 6.04 Å². The van der Waals surface area contributed by atoms with Crippen LogP contribution in [0.25, 0.3) is 0 Å². The molecule has 0 aromatic rings. The SMILES string of the molecule is [NH3+]C(C1CCCCC1)C1CCOCC1. The summed E-state index contributed by atoms with van der Waals surface area (Å²) in [5.41, 5.74) is 4.43. The highest BCUT2D eigenvalue weighted by molar-refractivity contribution is 4.79. The minimum atomic E-state index is 0.708. The van der Waals surface area contributed by atoms with Crippen molar-refractivity contribution in [2.75, 3.05) is 13.2 Å². The smallest absolute Gasteiger partial charge is 0.0902 e. The molecule has 2 fully saturated rings. The molecule has 2 aliphatic rings. The number of quaternary nitrogens is 1. The zero-order chi connectivity index (χ0) is 9.80. The Kier molecular flexibility index (Phi) is 3.82. The van der Waals surface area contributed by atoms with Crippen LogP contribution in [0.5, 0.6) is 0 Å². The summed E-state index contributed by atoms with van der Waals surface area (Å²) in [6.07, 6.45) is 9.73. The Bertz CT molecular complexity index is 142. The van der Waals surface area contributed by atoms with Gasteiger partial charge < -0.3 is 10.5 Å². The number of ether oxygens (including phenoxy) is 1. The maximum Gasteiger partial charge on any atom is 0.0902 e. The van der Waals surface area contributed by atoms with E-state index in [-0.39, 0.29) is 0 Å². The predicted octanol–water partition coefficient (Wildman–Crippen LogP) is 1.60. The highest BCUT2D eigenvalue weighted by Crippen LogP contribution is 2.30. The lowest BCUT2D eigenvalue weighted by atomic mass is 9.77. The molecule has 1 saturated heterocycles. The van der Waals surface area contributed by atoms with Crippen LogP contribution in [0.4, 0.5) is 0 Å². The normalized spacial score (nSPS) is 28.9. The Balaban J connectivity index is 1.82. The summed E-state index contributed by atoms with van der Waals surface area (Å²) in [6, 6.07) is 0.708. The summed E-state index contributed by atoms with van der Waals surface area (Å²) in [5, 5.41) is 0. The quantitative estimate of drug-likeness (QED) is 0.719. The molecule has 1 atom stereocenters. The van der Waals surface area contributed by atoms with Gasteiger partial charge in [0.25, 0.3) is 0 Å². The molecule has 1 saturated carbocycles. The van der Waals surface area contributed by atoms with Crippen molar-refractivity contribution >= 4 is 0 Å². The third-order valence-corrected chi connectivity index (χ3v) is 4.13. The van der Waals surface area contributed by atoms with E-state index < -0.39 is 0 Å². The summed E-state index contributed by atoms with van der Waals surface area (Å²) in [4.78, 5) is 0. The Morgan fingerprint density at radius 1 is 0.857 bits per heavy atom. The molecule has 2 heteroatoms. The van der Waals surface area contributed by atoms with Crippen molar-refractivity contribution in [3.63, 3.8) is 0 Å². The lowest BCUT2D eigenvalue weighted by Crippen LogP contribution is -2.68. The molecular weight excluding hydrogens is 174 g/mol. The molecule has 0 aromatic carbocycles. The van der Waals surface area contributed by atoms with Gasteiger partial charge in [-0.25, -0.2) is 0 Å². The second-order valence-corrected chi connectivity index (χ2v) is 5.01. The van der Waals surface area contributed by atoms with Gasteiger partial charge in [-0.05, 0) is 25.7 Å². The first kappa shape index (κ1) is 10.4. The average molecular weight is 198 g/mol. The van der Waals surface area contributed by atoms with E-state index in [1.54, 1.807) is 0 Å². The highest BCUT2D eigenvalue weighted by atomic mass is 16.5. The van der Waals surface area contributed by atoms with E-state index in [9.17, 15) is 0 Å². The van der Waals surface area contributed by atoms with Crippen LogP contribution in [0.1, 0.15) is 44.9 Å². The second-order valence-electron chi connectivity index (χ2n) is 5.01. The van der Waals surface area contributed by atoms with Gasteiger partial charge in [-0.2, -0.15) is 0 Å². The van der Waals surface area contributed by atoms with Crippen LogP contribution in [-0.4, -0.2) is 19.3 Å². The van der Waals surface area contributed by atoms with E-state index in [2.05, 4.69) is 5.73 Å². The van der Waals surface area contributed by atoms with E-state index in [1.807, 2.05) is 0 Å². The van der Waals surface area contributed by atoms with Gasteiger partial charge in [-0.15, -0.1) is 0 Å². The van der Waals surface area contributed by atoms with Crippen molar-refractivity contribution in [1.82, 2.24) is 0 Å². The summed E-state index contributed by atoms with van der Waals surface area (Å²) in [5.74, 6) is 1.78. The molecule has 1 aliphatic heterocycles. The standard InChI is InChI=1S/C12H23NO/c13-12(10-4-2-1-3-5-10)11-6-8-14-9-7-11/h10-12H,1-9,13H2/p+1. The molecule has 82 valence electrons. The molecule has 14 heavy (non-hydrogen) atoms. The zero-order valence-corrected chi connectivity index (χ0v) is 9.21. The van der Waals surface area contributed by atoms with Crippen LogP contribution in [0.2, 0.25) is 0 Å². The van der Waals surface area contributed by atoms with Gasteiger partial charge in [0.05, 0.1) is 6.04 Å². The molecule has 0 aromatic heterocycles. The van der Waals surface area contributed by atoms with Gasteiger partial charge in [-0.1, -0.05) is 19.3 Å². The van der Waals surface area contributed by atoms with E-state index in [1.165, 1.54) is 44.9 Å². The molecular formula is C12H24NO+. The monoisotopic (exact) mass is 198 g/mol. The van der Waals surface area contributed by atoms with E-state index in [0.717, 1.165) is 25.0 Å². The number of rotatable bonds is 2. The van der Waals surface area contributed by atoms with E-state index in [4.69, 9.17) is 4.74 Å². The first-order chi connectivity index (χ1) is 6.88. The Morgan fingerprint density at radius 2 is 1.43 bits per heavy atom. The largest absolute Gasteiger partial charge is 0.381 e. The fourth-order valence-corrected chi connectivity index (χ4v) is 3.09. The van der Waals surface area contributed by atoms with Crippen molar-refractivity contribution < 1.29 is 10.5 Å². The van der Waals surface area contributed by atoms with Gasteiger partial charge in [-0.3, -0.25) is 0 Å². The molecule has 2 rings (SSSR count). The highest BCUT2D eigenvalue weighted by Gasteiger charge is 2.31. The molecule has 0 bridgehead atoms. The first-order valence-corrected chi connectivity index (χ1v) is 6.29. The molecule has 1 aliphatic carbocycles. The average Bonchev–Trinajstić information content (AvgIpc) is 2.30. The van der Waals surface area contributed by atoms with Gasteiger partial charge in [0, 0.05) is 25.0 Å². The molecule has 0 amide bonds. The third-order valence-electron chi connectivity index (χ3n) is 4.13. The van der Waals surface area contributed by atoms with Crippen molar-refractivity contribution in [1.29, 1.82) is 0 Å². The summed E-state index contributed by atoms with van der Waals surface area (Å²) >= 11 is 0. The van der Waals surface area contributed by atoms with Crippen LogP contribution in [0, 0.1) is 11.8 Å². The molecule has 1 unspecified atom stereocenters. The van der Waals surface area contributed by atoms with Crippen LogP contribution >= 0.6 is 0 Å². The summed E-state index contributed by atoms with van der Waals surface area (Å²) < 4.78 is 5.41. The van der Waals surface area contributed by atoms with Crippen LogP contribution < -0.4 is 5.73 Å². The lowest BCUT2D eigenvalue weighted by Gasteiger charge is -2.32. The molecule has 2 nitrogen and oxygen atoms in total. The van der Waals surface area contributed by atoms with Crippen LogP contribution in [0.3, 0.4) is 0 Å². The Labute approximate surface area is 87.2 Å². The maximum atomic E-state index is 5.41. The first-order valence-electron chi connectivity index (χ1n) is 6.29. The van der Waals surface area contributed by atoms with E-state index >= 15 is 0 Å². The fraction of sp³-hybridized carbons (Fsp3) is 1.00. The number of hydrogen-bond acceptors (Lipinski definition) is 1. The predicted molar refractivity (Wildman–Crippen MR) is 56.8 cm³/mol. The summed E-state index contributed by atoms with van der Waals surface area (Å²) in [6.45, 7) is 1.95. The lowest BCUT2D eigenvalue weighted by molar-refractivity contribution is -0.450. The minimum Gasteiger partial charge on any atom is -0.381 e. The minimum absolute atomic E-state index is 0.708. The van der Waals surface area contributed by atoms with Crippen LogP contribution in [-0.2, 0) is 4.74 Å².